The predicted molar refractivity (Wildman–Crippen MR) is 159 cm³/mol. The van der Waals surface area contributed by atoms with E-state index in [4.69, 9.17) is 25.8 Å². The number of rotatable bonds is 7. The molecule has 5 N–H and O–H groups in total. The third-order valence-electron chi connectivity index (χ3n) is 8.80. The molecule has 234 valence electrons. The summed E-state index contributed by atoms with van der Waals surface area (Å²) in [5, 5.41) is 53.7. The Bertz CT molecular complexity index is 1500. The Balaban J connectivity index is 1.29. The molecule has 3 heterocycles. The van der Waals surface area contributed by atoms with Gasteiger partial charge in [0.25, 0.3) is 0 Å². The van der Waals surface area contributed by atoms with Crippen LogP contribution >= 0.6 is 11.6 Å². The highest BCUT2D eigenvalue weighted by Crippen LogP contribution is 2.52. The fourth-order valence-corrected chi connectivity index (χ4v) is 6.69. The highest BCUT2D eigenvalue weighted by Gasteiger charge is 2.53. The number of aliphatic hydroxyl groups is 3. The summed E-state index contributed by atoms with van der Waals surface area (Å²) < 4.78 is 16.7. The number of nitrogens with zero attached hydrogens (tertiary/aromatic N) is 2. The van der Waals surface area contributed by atoms with Gasteiger partial charge in [-0.1, -0.05) is 54.1 Å². The van der Waals surface area contributed by atoms with Crippen molar-refractivity contribution >= 4 is 17.6 Å². The summed E-state index contributed by atoms with van der Waals surface area (Å²) in [5.41, 5.74) is 2.34. The molecule has 2 saturated heterocycles. The van der Waals surface area contributed by atoms with Crippen LogP contribution in [0, 0.1) is 0 Å². The van der Waals surface area contributed by atoms with Crippen molar-refractivity contribution in [3.63, 3.8) is 0 Å². The molecule has 0 spiro atoms. The average molecular weight is 627 g/mol. The molecule has 0 aliphatic carbocycles. The molecule has 2 fully saturated rings. The standard InChI is InChI=1S/C32H35ClN2O9/c1-42-30-25(37)20(22-23(27(30)39)29-31(44-32(22)41)28(40)26(38)21(16-36)43-29)15-34-11-13-35(14-12-34)24(17-5-3-2-4-6-17)18-7-9-19(33)10-8-18/h2-10,21,24,26,28-29,31,36-40H,11-16H2,1H3/t21-,24+,26-,28+,29+,31-/m1/s1. The number of halogens is 1. The number of esters is 1. The predicted octanol–water partition coefficient (Wildman–Crippen LogP) is 2.36. The number of fused-ring (bicyclic) bond motifs is 3. The fourth-order valence-electron chi connectivity index (χ4n) is 6.56. The zero-order valence-electron chi connectivity index (χ0n) is 24.0. The molecule has 6 rings (SSSR count). The van der Waals surface area contributed by atoms with Crippen LogP contribution in [0.2, 0.25) is 5.02 Å². The van der Waals surface area contributed by atoms with E-state index in [9.17, 15) is 30.3 Å². The number of hydrogen-bond acceptors (Lipinski definition) is 11. The molecule has 12 heteroatoms. The monoisotopic (exact) mass is 626 g/mol. The number of aromatic hydroxyl groups is 2. The van der Waals surface area contributed by atoms with Gasteiger partial charge in [-0.15, -0.1) is 0 Å². The first-order chi connectivity index (χ1) is 21.2. The minimum absolute atomic E-state index is 0.00200. The first-order valence-electron chi connectivity index (χ1n) is 14.5. The Morgan fingerprint density at radius 1 is 0.955 bits per heavy atom. The molecule has 3 aliphatic heterocycles. The Morgan fingerprint density at radius 3 is 2.25 bits per heavy atom. The number of phenolic OH excluding ortho intramolecular Hbond substituents is 2. The fraction of sp³-hybridized carbons (Fsp3) is 0.406. The van der Waals surface area contributed by atoms with Gasteiger partial charge >= 0.3 is 5.97 Å². The van der Waals surface area contributed by atoms with Crippen LogP contribution in [0.1, 0.15) is 44.8 Å². The van der Waals surface area contributed by atoms with Crippen LogP contribution in [-0.4, -0.2) is 106 Å². The molecule has 3 aromatic rings. The lowest BCUT2D eigenvalue weighted by molar-refractivity contribution is -0.235. The number of carbonyl (C=O) groups is 1. The minimum atomic E-state index is -1.57. The highest BCUT2D eigenvalue weighted by atomic mass is 35.5. The summed E-state index contributed by atoms with van der Waals surface area (Å²) in [7, 11) is 1.28. The highest BCUT2D eigenvalue weighted by molar-refractivity contribution is 6.30. The summed E-state index contributed by atoms with van der Waals surface area (Å²) in [6, 6.07) is 18.0. The smallest absolute Gasteiger partial charge is 0.339 e. The van der Waals surface area contributed by atoms with Crippen molar-refractivity contribution in [1.82, 2.24) is 9.80 Å². The Hall–Kier alpha value is -3.42. The van der Waals surface area contributed by atoms with Crippen molar-refractivity contribution < 1.29 is 44.5 Å². The van der Waals surface area contributed by atoms with Crippen molar-refractivity contribution in [3.05, 3.63) is 87.4 Å². The maximum Gasteiger partial charge on any atom is 0.339 e. The molecular formula is C32H35ClN2O9. The van der Waals surface area contributed by atoms with E-state index in [2.05, 4.69) is 21.9 Å². The molecular weight excluding hydrogens is 592 g/mol. The maximum absolute atomic E-state index is 13.4. The lowest BCUT2D eigenvalue weighted by Gasteiger charge is -2.45. The summed E-state index contributed by atoms with van der Waals surface area (Å²) >= 11 is 6.17. The van der Waals surface area contributed by atoms with Gasteiger partial charge in [0.05, 0.1) is 25.3 Å². The molecule has 0 aromatic heterocycles. The van der Waals surface area contributed by atoms with Crippen LogP contribution in [-0.2, 0) is 16.0 Å². The summed E-state index contributed by atoms with van der Waals surface area (Å²) in [6.45, 7) is 2.09. The van der Waals surface area contributed by atoms with Gasteiger partial charge in [0.1, 0.15) is 24.4 Å². The molecule has 0 bridgehead atoms. The topological polar surface area (TPSA) is 152 Å². The van der Waals surface area contributed by atoms with E-state index >= 15 is 0 Å². The Labute approximate surface area is 259 Å². The number of carbonyl (C=O) groups excluding carboxylic acids is 1. The SMILES string of the molecule is COc1c(O)c(CN2CCN([C@@H](c3ccccc3)c3ccc(Cl)cc3)CC2)c2c(c1O)[C@@H]1O[C@H](CO)[C@@H](O)[C@H](O)[C@H]1OC2=O. The number of methoxy groups -OCH3 is 1. The second kappa shape index (κ2) is 12.5. The molecule has 0 saturated carbocycles. The number of phenols is 2. The van der Waals surface area contributed by atoms with E-state index in [1.807, 2.05) is 42.5 Å². The third kappa shape index (κ3) is 5.39. The van der Waals surface area contributed by atoms with Crippen LogP contribution in [0.4, 0.5) is 0 Å². The first-order valence-corrected chi connectivity index (χ1v) is 14.9. The van der Waals surface area contributed by atoms with Crippen molar-refractivity contribution in [2.45, 2.75) is 43.1 Å². The lowest BCUT2D eigenvalue weighted by atomic mass is 9.84. The van der Waals surface area contributed by atoms with Crippen molar-refractivity contribution in [3.8, 4) is 17.2 Å². The van der Waals surface area contributed by atoms with Crippen molar-refractivity contribution in [2.75, 3.05) is 39.9 Å². The quantitative estimate of drug-likeness (QED) is 0.246. The molecule has 0 unspecified atom stereocenters. The number of hydrogen-bond donors (Lipinski definition) is 5. The molecule has 3 aliphatic rings. The van der Waals surface area contributed by atoms with Gasteiger partial charge in [0.2, 0.25) is 5.75 Å². The van der Waals surface area contributed by atoms with E-state index in [1.54, 1.807) is 0 Å². The van der Waals surface area contributed by atoms with Gasteiger partial charge in [-0.3, -0.25) is 9.80 Å². The van der Waals surface area contributed by atoms with E-state index in [0.29, 0.717) is 31.2 Å². The van der Waals surface area contributed by atoms with Crippen LogP contribution in [0.5, 0.6) is 17.2 Å². The largest absolute Gasteiger partial charge is 0.504 e. The Kier molecular flexibility index (Phi) is 8.71. The molecule has 6 atom stereocenters. The van der Waals surface area contributed by atoms with Crippen LogP contribution in [0.15, 0.2) is 54.6 Å². The van der Waals surface area contributed by atoms with Crippen molar-refractivity contribution in [2.24, 2.45) is 0 Å². The second-order valence-corrected chi connectivity index (χ2v) is 11.7. The minimum Gasteiger partial charge on any atom is -0.504 e. The summed E-state index contributed by atoms with van der Waals surface area (Å²) in [6.07, 6.45) is -6.83. The van der Waals surface area contributed by atoms with E-state index < -0.39 is 54.6 Å². The third-order valence-corrected chi connectivity index (χ3v) is 9.05. The summed E-state index contributed by atoms with van der Waals surface area (Å²) in [5.74, 6) is -2.07. The van der Waals surface area contributed by atoms with Crippen molar-refractivity contribution in [1.29, 1.82) is 0 Å². The van der Waals surface area contributed by atoms with Gasteiger partial charge in [-0.05, 0) is 23.3 Å². The van der Waals surface area contributed by atoms with Gasteiger partial charge < -0.3 is 39.7 Å². The lowest BCUT2D eigenvalue weighted by Crippen LogP contribution is -2.58. The van der Waals surface area contributed by atoms with E-state index in [1.165, 1.54) is 7.11 Å². The summed E-state index contributed by atoms with van der Waals surface area (Å²) in [4.78, 5) is 17.8. The van der Waals surface area contributed by atoms with E-state index in [0.717, 1.165) is 11.1 Å². The zero-order valence-corrected chi connectivity index (χ0v) is 24.8. The first kappa shape index (κ1) is 30.6. The second-order valence-electron chi connectivity index (χ2n) is 11.3. The van der Waals surface area contributed by atoms with E-state index in [-0.39, 0.29) is 35.0 Å². The van der Waals surface area contributed by atoms with Gasteiger partial charge in [0.15, 0.2) is 17.6 Å². The normalized spacial score (nSPS) is 26.4. The van der Waals surface area contributed by atoms with Crippen LogP contribution < -0.4 is 4.74 Å². The number of piperazine rings is 1. The molecule has 0 amide bonds. The molecule has 0 radical (unpaired) electrons. The Morgan fingerprint density at radius 2 is 1.61 bits per heavy atom. The average Bonchev–Trinajstić information content (AvgIpc) is 3.03. The number of ether oxygens (including phenoxy) is 3. The molecule has 3 aromatic carbocycles. The number of aliphatic hydroxyl groups excluding tert-OH is 3. The van der Waals surface area contributed by atoms with Gasteiger partial charge in [-0.25, -0.2) is 4.79 Å². The van der Waals surface area contributed by atoms with Crippen LogP contribution in [0.25, 0.3) is 0 Å². The van der Waals surface area contributed by atoms with Crippen LogP contribution in [0.3, 0.4) is 0 Å². The zero-order chi connectivity index (χ0) is 31.1. The van der Waals surface area contributed by atoms with Gasteiger partial charge in [0, 0.05) is 48.9 Å². The molecule has 44 heavy (non-hydrogen) atoms. The maximum atomic E-state index is 13.4. The molecule has 11 nitrogen and oxygen atoms in total. The van der Waals surface area contributed by atoms with Gasteiger partial charge in [-0.2, -0.15) is 0 Å². The number of benzene rings is 3.